The summed E-state index contributed by atoms with van der Waals surface area (Å²) in [7, 11) is -7.42. The second-order valence-electron chi connectivity index (χ2n) is 5.30. The van der Waals surface area contributed by atoms with Crippen molar-refractivity contribution in [3.05, 3.63) is 29.8 Å². The summed E-state index contributed by atoms with van der Waals surface area (Å²) in [6, 6.07) is 4.01. The van der Waals surface area contributed by atoms with Crippen LogP contribution >= 0.6 is 23.2 Å². The van der Waals surface area contributed by atoms with E-state index in [1.807, 2.05) is 0 Å². The van der Waals surface area contributed by atoms with Gasteiger partial charge in [-0.05, 0) is 24.6 Å². The summed E-state index contributed by atoms with van der Waals surface area (Å²) in [6.07, 6.45) is -0.287. The fraction of sp³-hybridized carbons (Fsp3) is 0.500. The van der Waals surface area contributed by atoms with Crippen LogP contribution in [0.2, 0.25) is 0 Å². The molecule has 1 amide bonds. The highest BCUT2D eigenvalue weighted by Crippen LogP contribution is 2.26. The number of carbonyl (C=O) groups excluding carboxylic acids is 1. The number of sulfone groups is 1. The highest BCUT2D eigenvalue weighted by molar-refractivity contribution is 7.90. The van der Waals surface area contributed by atoms with Crippen LogP contribution < -0.4 is 5.32 Å². The van der Waals surface area contributed by atoms with Crippen molar-refractivity contribution in [2.75, 3.05) is 18.6 Å². The van der Waals surface area contributed by atoms with Gasteiger partial charge in [-0.2, -0.15) is 8.42 Å². The summed E-state index contributed by atoms with van der Waals surface area (Å²) < 4.78 is 52.0. The highest BCUT2D eigenvalue weighted by atomic mass is 35.5. The van der Waals surface area contributed by atoms with E-state index in [0.717, 1.165) is 6.26 Å². The number of alkyl halides is 2. The number of carbonyl (C=O) groups is 1. The van der Waals surface area contributed by atoms with Crippen LogP contribution in [0, 0.1) is 0 Å². The third kappa shape index (κ3) is 6.67. The number of rotatable bonds is 9. The monoisotopic (exact) mass is 447 g/mol. The molecule has 0 aromatic heterocycles. The zero-order valence-electron chi connectivity index (χ0n) is 13.9. The third-order valence-corrected chi connectivity index (χ3v) is 6.06. The zero-order valence-corrected chi connectivity index (χ0v) is 17.1. The summed E-state index contributed by atoms with van der Waals surface area (Å²) >= 11 is 10.9. The molecule has 12 heteroatoms. The predicted molar refractivity (Wildman–Crippen MR) is 97.3 cm³/mol. The fourth-order valence-corrected chi connectivity index (χ4v) is 3.40. The number of amides is 1. The molecule has 26 heavy (non-hydrogen) atoms. The maximum Gasteiger partial charge on any atom is 0.267 e. The fourth-order valence-electron chi connectivity index (χ4n) is 1.95. The van der Waals surface area contributed by atoms with Crippen molar-refractivity contribution in [1.82, 2.24) is 5.32 Å². The van der Waals surface area contributed by atoms with Crippen molar-refractivity contribution in [3.63, 3.8) is 0 Å². The first-order chi connectivity index (χ1) is 11.9. The van der Waals surface area contributed by atoms with E-state index in [-0.39, 0.29) is 16.2 Å². The minimum absolute atomic E-state index is 0.0181. The molecule has 0 saturated carbocycles. The van der Waals surface area contributed by atoms with Gasteiger partial charge in [-0.3, -0.25) is 8.98 Å². The van der Waals surface area contributed by atoms with Crippen LogP contribution in [0.5, 0.6) is 0 Å². The van der Waals surface area contributed by atoms with E-state index in [9.17, 15) is 26.7 Å². The summed E-state index contributed by atoms with van der Waals surface area (Å²) in [4.78, 5) is 10.3. The molecule has 0 spiro atoms. The van der Waals surface area contributed by atoms with Crippen molar-refractivity contribution in [2.45, 2.75) is 28.8 Å². The van der Waals surface area contributed by atoms with Crippen LogP contribution in [0.1, 0.15) is 18.6 Å². The molecule has 0 heterocycles. The predicted octanol–water partition coefficient (Wildman–Crippen LogP) is 0.778. The average Bonchev–Trinajstić information content (AvgIpc) is 2.57. The van der Waals surface area contributed by atoms with Crippen molar-refractivity contribution in [2.24, 2.45) is 0 Å². The molecule has 0 aliphatic carbocycles. The largest absolute Gasteiger partial charge is 0.394 e. The Balaban J connectivity index is 3.29. The van der Waals surface area contributed by atoms with Gasteiger partial charge in [-0.25, -0.2) is 8.42 Å². The summed E-state index contributed by atoms with van der Waals surface area (Å²) in [5, 5.41) is 11.9. The molecule has 0 aliphatic heterocycles. The van der Waals surface area contributed by atoms with E-state index in [1.165, 1.54) is 31.2 Å². The van der Waals surface area contributed by atoms with Crippen LogP contribution in [0.15, 0.2) is 29.2 Å². The van der Waals surface area contributed by atoms with E-state index >= 15 is 0 Å². The molecule has 1 aromatic rings. The first-order valence-electron chi connectivity index (χ1n) is 7.31. The second-order valence-corrected chi connectivity index (χ2v) is 10.3. The van der Waals surface area contributed by atoms with Gasteiger partial charge < -0.3 is 10.4 Å². The molecule has 0 unspecified atom stereocenters. The van der Waals surface area contributed by atoms with Crippen LogP contribution in [0.4, 0.5) is 0 Å². The minimum atomic E-state index is -3.96. The van der Waals surface area contributed by atoms with Crippen LogP contribution in [-0.4, -0.2) is 57.3 Å². The van der Waals surface area contributed by atoms with Crippen molar-refractivity contribution in [3.8, 4) is 0 Å². The molecule has 148 valence electrons. The Kier molecular flexibility index (Phi) is 8.31. The normalized spacial score (nSPS) is 14.8. The maximum absolute atomic E-state index is 11.9. The van der Waals surface area contributed by atoms with Crippen LogP contribution in [0.3, 0.4) is 0 Å². The van der Waals surface area contributed by atoms with Gasteiger partial charge in [0.05, 0.1) is 23.3 Å². The van der Waals surface area contributed by atoms with Gasteiger partial charge in [0.15, 0.2) is 14.7 Å². The molecule has 0 aliphatic rings. The second kappa shape index (κ2) is 9.34. The van der Waals surface area contributed by atoms with E-state index in [2.05, 4.69) is 5.32 Å². The SMILES string of the molecule is CCS(=O)(=O)O[C@@H](c1ccc(S(C)(=O)=O)cc1)[C@@H](CO)NC(=O)C(Cl)Cl. The Hall–Kier alpha value is -0.910. The number of hydrogen-bond acceptors (Lipinski definition) is 7. The van der Waals surface area contributed by atoms with Gasteiger partial charge in [0.1, 0.15) is 6.10 Å². The zero-order chi connectivity index (χ0) is 20.1. The van der Waals surface area contributed by atoms with Gasteiger partial charge in [0, 0.05) is 6.26 Å². The van der Waals surface area contributed by atoms with Gasteiger partial charge in [-0.1, -0.05) is 35.3 Å². The molecule has 0 saturated heterocycles. The Morgan fingerprint density at radius 1 is 1.19 bits per heavy atom. The molecule has 1 rings (SSSR count). The van der Waals surface area contributed by atoms with Gasteiger partial charge in [0.2, 0.25) is 0 Å². The number of aliphatic hydroxyl groups is 1. The van der Waals surface area contributed by atoms with Gasteiger partial charge >= 0.3 is 0 Å². The van der Waals surface area contributed by atoms with Crippen LogP contribution in [-0.2, 0) is 28.9 Å². The van der Waals surface area contributed by atoms with Crippen LogP contribution in [0.25, 0.3) is 0 Å². The minimum Gasteiger partial charge on any atom is -0.394 e. The summed E-state index contributed by atoms with van der Waals surface area (Å²) in [5.41, 5.74) is 0.231. The van der Waals surface area contributed by atoms with E-state index in [0.29, 0.717) is 0 Å². The molecular weight excluding hydrogens is 429 g/mol. The average molecular weight is 448 g/mol. The van der Waals surface area contributed by atoms with Crippen molar-refractivity contribution < 1.29 is 30.9 Å². The molecule has 2 N–H and O–H groups in total. The Labute approximate surface area is 162 Å². The topological polar surface area (TPSA) is 127 Å². The van der Waals surface area contributed by atoms with Crippen molar-refractivity contribution in [1.29, 1.82) is 0 Å². The number of hydrogen-bond donors (Lipinski definition) is 2. The van der Waals surface area contributed by atoms with E-state index in [1.54, 1.807) is 0 Å². The Morgan fingerprint density at radius 3 is 2.12 bits per heavy atom. The Bertz CT molecular complexity index is 823. The quantitative estimate of drug-likeness (QED) is 0.422. The molecule has 0 radical (unpaired) electrons. The molecule has 1 aromatic carbocycles. The Morgan fingerprint density at radius 2 is 1.73 bits per heavy atom. The van der Waals surface area contributed by atoms with Crippen molar-refractivity contribution >= 4 is 49.1 Å². The lowest BCUT2D eigenvalue weighted by atomic mass is 10.0. The lowest BCUT2D eigenvalue weighted by Crippen LogP contribution is -2.45. The van der Waals surface area contributed by atoms with Gasteiger partial charge in [0.25, 0.3) is 16.0 Å². The highest BCUT2D eigenvalue weighted by Gasteiger charge is 2.31. The molecule has 8 nitrogen and oxygen atoms in total. The lowest BCUT2D eigenvalue weighted by molar-refractivity contribution is -0.121. The first-order valence-corrected chi connectivity index (χ1v) is 11.7. The standard InChI is InChI=1S/C14H19Cl2NO7S2/c1-3-26(22,23)24-12(11(8-18)17-14(19)13(15)16)9-4-6-10(7-5-9)25(2,20)21/h4-7,11-13,18H,3,8H2,1-2H3,(H,17,19)/t11-,12+/m1/s1. The summed E-state index contributed by atoms with van der Waals surface area (Å²) in [6.45, 7) is 0.684. The molecule has 0 bridgehead atoms. The third-order valence-electron chi connectivity index (χ3n) is 3.33. The lowest BCUT2D eigenvalue weighted by Gasteiger charge is -2.26. The summed E-state index contributed by atoms with van der Waals surface area (Å²) in [5.74, 6) is -1.19. The van der Waals surface area contributed by atoms with Gasteiger partial charge in [-0.15, -0.1) is 0 Å². The van der Waals surface area contributed by atoms with E-state index < -0.39 is 49.5 Å². The number of benzene rings is 1. The smallest absolute Gasteiger partial charge is 0.267 e. The van der Waals surface area contributed by atoms with E-state index in [4.69, 9.17) is 27.4 Å². The molecule has 0 fully saturated rings. The number of aliphatic hydroxyl groups excluding tert-OH is 1. The molecule has 2 atom stereocenters. The number of halogens is 2. The number of nitrogens with one attached hydrogen (secondary N) is 1. The first kappa shape index (κ1) is 23.1. The maximum atomic E-state index is 11.9. The molecular formula is C14H19Cl2NO7S2.